The van der Waals surface area contributed by atoms with Crippen LogP contribution in [-0.4, -0.2) is 26.4 Å². The van der Waals surface area contributed by atoms with Gasteiger partial charge >= 0.3 is 0 Å². The van der Waals surface area contributed by atoms with Gasteiger partial charge in [-0.2, -0.15) is 0 Å². The molecule has 0 saturated heterocycles. The Bertz CT molecular complexity index is 855. The molecule has 0 spiro atoms. The van der Waals surface area contributed by atoms with Gasteiger partial charge in [-0.05, 0) is 63.6 Å². The maximum atomic E-state index is 13.0. The molecule has 0 radical (unpaired) electrons. The third-order valence-corrected chi connectivity index (χ3v) is 5.67. The fourth-order valence-electron chi connectivity index (χ4n) is 2.67. The van der Waals surface area contributed by atoms with E-state index in [-0.39, 0.29) is 10.8 Å². The highest BCUT2D eigenvalue weighted by Crippen LogP contribution is 2.20. The van der Waals surface area contributed by atoms with Crippen molar-refractivity contribution in [1.82, 2.24) is 4.72 Å². The molecule has 0 aliphatic rings. The van der Waals surface area contributed by atoms with E-state index in [9.17, 15) is 13.2 Å². The lowest BCUT2D eigenvalue weighted by Gasteiger charge is -2.23. The van der Waals surface area contributed by atoms with Crippen LogP contribution in [-0.2, 0) is 10.0 Å². The number of nitrogens with one attached hydrogen (secondary N) is 1. The number of benzene rings is 2. The highest BCUT2D eigenvalue weighted by atomic mass is 32.2. The Morgan fingerprint density at radius 3 is 2.11 bits per heavy atom. The van der Waals surface area contributed by atoms with E-state index in [1.807, 2.05) is 30.3 Å². The van der Waals surface area contributed by atoms with Crippen LogP contribution in [0.2, 0.25) is 0 Å². The molecule has 0 saturated carbocycles. The van der Waals surface area contributed by atoms with Crippen molar-refractivity contribution in [2.75, 3.05) is 11.4 Å². The molecule has 6 heteroatoms. The second-order valence-electron chi connectivity index (χ2n) is 7.53. The number of rotatable bonds is 7. The van der Waals surface area contributed by atoms with E-state index >= 15 is 0 Å². The molecule has 0 atom stereocenters. The molecule has 0 unspecified atom stereocenters. The third-order valence-electron chi connectivity index (χ3n) is 3.90. The molecular formula is C21H28N2O3S. The van der Waals surface area contributed by atoms with Gasteiger partial charge in [0.25, 0.3) is 5.91 Å². The summed E-state index contributed by atoms with van der Waals surface area (Å²) >= 11 is 0. The van der Waals surface area contributed by atoms with E-state index in [0.717, 1.165) is 18.5 Å². The smallest absolute Gasteiger partial charge is 0.258 e. The van der Waals surface area contributed by atoms with Crippen molar-refractivity contribution in [1.29, 1.82) is 0 Å². The lowest BCUT2D eigenvalue weighted by Crippen LogP contribution is -2.40. The molecule has 0 heterocycles. The SMILES string of the molecule is CCCCN(C(=O)c1ccc(S(=O)(=O)NC(C)(C)C)cc1)c1ccccc1. The number of carbonyl (C=O) groups is 1. The first-order chi connectivity index (χ1) is 12.6. The first-order valence-electron chi connectivity index (χ1n) is 9.15. The first kappa shape index (κ1) is 21.1. The van der Waals surface area contributed by atoms with Crippen LogP contribution in [0.3, 0.4) is 0 Å². The molecule has 2 aromatic carbocycles. The van der Waals surface area contributed by atoms with Crippen LogP contribution in [0.1, 0.15) is 50.9 Å². The molecule has 5 nitrogen and oxygen atoms in total. The zero-order chi connectivity index (χ0) is 20.1. The van der Waals surface area contributed by atoms with Crippen molar-refractivity contribution < 1.29 is 13.2 Å². The molecule has 2 rings (SSSR count). The zero-order valence-corrected chi connectivity index (χ0v) is 17.2. The van der Waals surface area contributed by atoms with Gasteiger partial charge < -0.3 is 4.90 Å². The van der Waals surface area contributed by atoms with Gasteiger partial charge in [-0.3, -0.25) is 4.79 Å². The maximum Gasteiger partial charge on any atom is 0.258 e. The molecule has 1 amide bonds. The van der Waals surface area contributed by atoms with Crippen molar-refractivity contribution in [3.63, 3.8) is 0 Å². The van der Waals surface area contributed by atoms with Crippen molar-refractivity contribution in [2.24, 2.45) is 0 Å². The zero-order valence-electron chi connectivity index (χ0n) is 16.4. The summed E-state index contributed by atoms with van der Waals surface area (Å²) in [5.74, 6) is -0.137. The Labute approximate surface area is 162 Å². The largest absolute Gasteiger partial charge is 0.308 e. The van der Waals surface area contributed by atoms with Gasteiger partial charge in [-0.25, -0.2) is 13.1 Å². The summed E-state index contributed by atoms with van der Waals surface area (Å²) in [4.78, 5) is 14.9. The van der Waals surface area contributed by atoms with E-state index in [2.05, 4.69) is 11.6 Å². The average Bonchev–Trinajstić information content (AvgIpc) is 2.61. The number of amides is 1. The molecule has 0 aromatic heterocycles. The van der Waals surface area contributed by atoms with E-state index in [1.165, 1.54) is 12.1 Å². The number of hydrogen-bond donors (Lipinski definition) is 1. The van der Waals surface area contributed by atoms with Gasteiger partial charge in [0.2, 0.25) is 10.0 Å². The molecule has 0 aliphatic heterocycles. The quantitative estimate of drug-likeness (QED) is 0.773. The second-order valence-corrected chi connectivity index (χ2v) is 9.21. The normalized spacial score (nSPS) is 12.0. The fraction of sp³-hybridized carbons (Fsp3) is 0.381. The predicted octanol–water partition coefficient (Wildman–Crippen LogP) is 4.21. The lowest BCUT2D eigenvalue weighted by atomic mass is 10.1. The predicted molar refractivity (Wildman–Crippen MR) is 110 cm³/mol. The minimum absolute atomic E-state index is 0.137. The van der Waals surface area contributed by atoms with Crippen molar-refractivity contribution in [3.05, 3.63) is 60.2 Å². The topological polar surface area (TPSA) is 66.5 Å². The number of para-hydroxylation sites is 1. The second kappa shape index (κ2) is 8.67. The van der Waals surface area contributed by atoms with Gasteiger partial charge in [0.15, 0.2) is 0 Å². The number of unbranched alkanes of at least 4 members (excludes halogenated alkanes) is 1. The van der Waals surface area contributed by atoms with Crippen LogP contribution in [0.4, 0.5) is 5.69 Å². The molecular weight excluding hydrogens is 360 g/mol. The number of carbonyl (C=O) groups excluding carboxylic acids is 1. The number of anilines is 1. The van der Waals surface area contributed by atoms with E-state index in [4.69, 9.17) is 0 Å². The Hall–Kier alpha value is -2.18. The minimum atomic E-state index is -3.62. The molecule has 1 N–H and O–H groups in total. The number of nitrogens with zero attached hydrogens (tertiary/aromatic N) is 1. The lowest BCUT2D eigenvalue weighted by molar-refractivity contribution is 0.0986. The van der Waals surface area contributed by atoms with Crippen molar-refractivity contribution in [2.45, 2.75) is 51.0 Å². The molecule has 0 aliphatic carbocycles. The van der Waals surface area contributed by atoms with Crippen LogP contribution in [0.25, 0.3) is 0 Å². The summed E-state index contributed by atoms with van der Waals surface area (Å²) in [6.07, 6.45) is 1.87. The molecule has 0 bridgehead atoms. The van der Waals surface area contributed by atoms with E-state index < -0.39 is 15.6 Å². The Kier molecular flexibility index (Phi) is 6.78. The first-order valence-corrected chi connectivity index (χ1v) is 10.6. The van der Waals surface area contributed by atoms with Crippen LogP contribution >= 0.6 is 0 Å². The summed E-state index contributed by atoms with van der Waals surface area (Å²) in [6.45, 7) is 8.05. The van der Waals surface area contributed by atoms with E-state index in [1.54, 1.807) is 37.8 Å². The van der Waals surface area contributed by atoms with Crippen molar-refractivity contribution in [3.8, 4) is 0 Å². The molecule has 0 fully saturated rings. The highest BCUT2D eigenvalue weighted by molar-refractivity contribution is 7.89. The summed E-state index contributed by atoms with van der Waals surface area (Å²) in [6, 6.07) is 15.6. The minimum Gasteiger partial charge on any atom is -0.308 e. The van der Waals surface area contributed by atoms with Crippen LogP contribution < -0.4 is 9.62 Å². The van der Waals surface area contributed by atoms with E-state index in [0.29, 0.717) is 12.1 Å². The summed E-state index contributed by atoms with van der Waals surface area (Å²) in [7, 11) is -3.62. The molecule has 2 aromatic rings. The summed E-state index contributed by atoms with van der Waals surface area (Å²) in [5, 5.41) is 0. The summed E-state index contributed by atoms with van der Waals surface area (Å²) in [5.41, 5.74) is 0.726. The number of sulfonamides is 1. The van der Waals surface area contributed by atoms with Crippen molar-refractivity contribution >= 4 is 21.6 Å². The van der Waals surface area contributed by atoms with Crippen LogP contribution in [0.15, 0.2) is 59.5 Å². The van der Waals surface area contributed by atoms with Crippen LogP contribution in [0.5, 0.6) is 0 Å². The maximum absolute atomic E-state index is 13.0. The molecule has 27 heavy (non-hydrogen) atoms. The fourth-order valence-corrected chi connectivity index (χ4v) is 4.09. The van der Waals surface area contributed by atoms with Gasteiger partial charge in [-0.1, -0.05) is 31.5 Å². The van der Waals surface area contributed by atoms with Gasteiger partial charge in [0.05, 0.1) is 4.90 Å². The Morgan fingerprint density at radius 2 is 1.59 bits per heavy atom. The van der Waals surface area contributed by atoms with Gasteiger partial charge in [-0.15, -0.1) is 0 Å². The third kappa shape index (κ3) is 5.91. The van der Waals surface area contributed by atoms with Crippen LogP contribution in [0, 0.1) is 0 Å². The van der Waals surface area contributed by atoms with Gasteiger partial charge in [0.1, 0.15) is 0 Å². The highest BCUT2D eigenvalue weighted by Gasteiger charge is 2.23. The Balaban J connectivity index is 2.27. The standard InChI is InChI=1S/C21H28N2O3S/c1-5-6-16-23(18-10-8-7-9-11-18)20(24)17-12-14-19(15-13-17)27(25,26)22-21(2,3)4/h7-15,22H,5-6,16H2,1-4H3. The van der Waals surface area contributed by atoms with Gasteiger partial charge in [0, 0.05) is 23.3 Å². The molecule has 146 valence electrons. The monoisotopic (exact) mass is 388 g/mol. The number of hydrogen-bond acceptors (Lipinski definition) is 3. The summed E-state index contributed by atoms with van der Waals surface area (Å²) < 4.78 is 27.5. The Morgan fingerprint density at radius 1 is 1.00 bits per heavy atom. The average molecular weight is 389 g/mol.